The number of hydrogen-bond acceptors (Lipinski definition) is 4. The summed E-state index contributed by atoms with van der Waals surface area (Å²) in [4.78, 5) is 2.36. The fourth-order valence-corrected chi connectivity index (χ4v) is 3.33. The van der Waals surface area contributed by atoms with Gasteiger partial charge >= 0.3 is 0 Å². The zero-order valence-electron chi connectivity index (χ0n) is 13.2. The van der Waals surface area contributed by atoms with E-state index in [4.69, 9.17) is 0 Å². The SMILES string of the molecule is Fc1ccc(C2CCCN2Cc2nnnn2-c2ccccc2)cc1. The first-order valence-corrected chi connectivity index (χ1v) is 8.13. The van der Waals surface area contributed by atoms with Crippen molar-refractivity contribution in [1.82, 2.24) is 25.1 Å². The number of rotatable bonds is 4. The summed E-state index contributed by atoms with van der Waals surface area (Å²) in [7, 11) is 0. The lowest BCUT2D eigenvalue weighted by molar-refractivity contribution is 0.240. The summed E-state index contributed by atoms with van der Waals surface area (Å²) >= 11 is 0. The minimum Gasteiger partial charge on any atom is -0.289 e. The Labute approximate surface area is 139 Å². The zero-order valence-corrected chi connectivity index (χ0v) is 13.2. The highest BCUT2D eigenvalue weighted by Crippen LogP contribution is 2.33. The van der Waals surface area contributed by atoms with Gasteiger partial charge < -0.3 is 0 Å². The second-order valence-electron chi connectivity index (χ2n) is 6.02. The average Bonchev–Trinajstić information content (AvgIpc) is 3.26. The number of hydrogen-bond donors (Lipinski definition) is 0. The van der Waals surface area contributed by atoms with Crippen LogP contribution in [-0.4, -0.2) is 31.7 Å². The lowest BCUT2D eigenvalue weighted by Gasteiger charge is -2.24. The van der Waals surface area contributed by atoms with Crippen LogP contribution in [0, 0.1) is 5.82 Å². The van der Waals surface area contributed by atoms with Crippen LogP contribution >= 0.6 is 0 Å². The van der Waals surface area contributed by atoms with Gasteiger partial charge in [-0.25, -0.2) is 4.39 Å². The molecular formula is C18H18FN5. The van der Waals surface area contributed by atoms with Crippen molar-refractivity contribution < 1.29 is 4.39 Å². The van der Waals surface area contributed by atoms with E-state index in [1.165, 1.54) is 12.1 Å². The molecule has 0 radical (unpaired) electrons. The molecule has 5 nitrogen and oxygen atoms in total. The Kier molecular flexibility index (Phi) is 4.04. The number of likely N-dealkylation sites (tertiary alicyclic amines) is 1. The third-order valence-electron chi connectivity index (χ3n) is 4.50. The average molecular weight is 323 g/mol. The Balaban J connectivity index is 1.57. The van der Waals surface area contributed by atoms with E-state index in [1.54, 1.807) is 4.68 Å². The summed E-state index contributed by atoms with van der Waals surface area (Å²) in [5.41, 5.74) is 2.10. The van der Waals surface area contributed by atoms with Gasteiger partial charge in [-0.2, -0.15) is 4.68 Å². The van der Waals surface area contributed by atoms with Crippen molar-refractivity contribution in [3.63, 3.8) is 0 Å². The molecule has 1 aliphatic heterocycles. The van der Waals surface area contributed by atoms with Gasteiger partial charge in [-0.15, -0.1) is 5.10 Å². The molecule has 0 amide bonds. The summed E-state index contributed by atoms with van der Waals surface area (Å²) < 4.78 is 15.0. The fourth-order valence-electron chi connectivity index (χ4n) is 3.33. The number of halogens is 1. The van der Waals surface area contributed by atoms with Crippen LogP contribution in [0.5, 0.6) is 0 Å². The Morgan fingerprint density at radius 3 is 2.62 bits per heavy atom. The summed E-state index contributed by atoms with van der Waals surface area (Å²) in [5.74, 6) is 0.617. The van der Waals surface area contributed by atoms with Crippen molar-refractivity contribution >= 4 is 0 Å². The van der Waals surface area contributed by atoms with Crippen LogP contribution in [0.15, 0.2) is 54.6 Å². The maximum absolute atomic E-state index is 13.2. The number of para-hydroxylation sites is 1. The van der Waals surface area contributed by atoms with Crippen molar-refractivity contribution in [3.8, 4) is 5.69 Å². The van der Waals surface area contributed by atoms with Gasteiger partial charge in [-0.3, -0.25) is 4.90 Å². The smallest absolute Gasteiger partial charge is 0.170 e. The number of tetrazole rings is 1. The van der Waals surface area contributed by atoms with Gasteiger partial charge in [-0.05, 0) is 59.6 Å². The normalized spacial score (nSPS) is 18.1. The summed E-state index contributed by atoms with van der Waals surface area (Å²) in [5, 5.41) is 12.2. The molecule has 122 valence electrons. The van der Waals surface area contributed by atoms with Gasteiger partial charge in [0.2, 0.25) is 0 Å². The first-order valence-electron chi connectivity index (χ1n) is 8.13. The van der Waals surface area contributed by atoms with E-state index in [0.29, 0.717) is 6.54 Å². The van der Waals surface area contributed by atoms with Gasteiger partial charge in [0.05, 0.1) is 12.2 Å². The molecule has 1 unspecified atom stereocenters. The lowest BCUT2D eigenvalue weighted by Crippen LogP contribution is -2.24. The Morgan fingerprint density at radius 1 is 1.04 bits per heavy atom. The second-order valence-corrected chi connectivity index (χ2v) is 6.02. The standard InChI is InChI=1S/C18H18FN5/c19-15-10-8-14(9-11-15)17-7-4-12-23(17)13-18-20-21-22-24(18)16-5-2-1-3-6-16/h1-3,5-6,8-11,17H,4,7,12-13H2. The molecule has 0 spiro atoms. The van der Waals surface area contributed by atoms with Crippen molar-refractivity contribution in [2.75, 3.05) is 6.54 Å². The zero-order chi connectivity index (χ0) is 16.4. The van der Waals surface area contributed by atoms with Crippen LogP contribution in [0.3, 0.4) is 0 Å². The topological polar surface area (TPSA) is 46.8 Å². The molecule has 6 heteroatoms. The highest BCUT2D eigenvalue weighted by atomic mass is 19.1. The van der Waals surface area contributed by atoms with Gasteiger partial charge in [0.1, 0.15) is 5.82 Å². The Morgan fingerprint density at radius 2 is 1.83 bits per heavy atom. The van der Waals surface area contributed by atoms with E-state index in [1.807, 2.05) is 42.5 Å². The van der Waals surface area contributed by atoms with E-state index in [2.05, 4.69) is 20.4 Å². The highest BCUT2D eigenvalue weighted by Gasteiger charge is 2.27. The molecule has 0 aliphatic carbocycles. The molecule has 3 aromatic rings. The molecule has 1 aromatic heterocycles. The van der Waals surface area contributed by atoms with Crippen LogP contribution in [0.1, 0.15) is 30.3 Å². The van der Waals surface area contributed by atoms with Crippen LogP contribution < -0.4 is 0 Å². The van der Waals surface area contributed by atoms with Crippen molar-refractivity contribution in [1.29, 1.82) is 0 Å². The van der Waals surface area contributed by atoms with E-state index in [9.17, 15) is 4.39 Å². The maximum Gasteiger partial charge on any atom is 0.170 e. The molecule has 2 aromatic carbocycles. The van der Waals surface area contributed by atoms with Gasteiger partial charge in [-0.1, -0.05) is 30.3 Å². The van der Waals surface area contributed by atoms with Gasteiger partial charge in [0.25, 0.3) is 0 Å². The molecule has 2 heterocycles. The molecule has 1 fully saturated rings. The first kappa shape index (κ1) is 15.0. The van der Waals surface area contributed by atoms with E-state index < -0.39 is 0 Å². The van der Waals surface area contributed by atoms with Gasteiger partial charge in [0.15, 0.2) is 5.82 Å². The van der Waals surface area contributed by atoms with Crippen LogP contribution in [0.4, 0.5) is 4.39 Å². The minimum atomic E-state index is -0.198. The fraction of sp³-hybridized carbons (Fsp3) is 0.278. The Hall–Kier alpha value is -2.60. The monoisotopic (exact) mass is 323 g/mol. The first-order chi connectivity index (χ1) is 11.8. The minimum absolute atomic E-state index is 0.198. The van der Waals surface area contributed by atoms with Crippen LogP contribution in [-0.2, 0) is 6.54 Å². The molecule has 4 rings (SSSR count). The predicted octanol–water partition coefficient (Wildman–Crippen LogP) is 3.14. The highest BCUT2D eigenvalue weighted by molar-refractivity contribution is 5.30. The quantitative estimate of drug-likeness (QED) is 0.740. The third kappa shape index (κ3) is 2.92. The molecule has 1 aliphatic rings. The number of benzene rings is 2. The van der Waals surface area contributed by atoms with Crippen LogP contribution in [0.2, 0.25) is 0 Å². The second kappa shape index (κ2) is 6.49. The van der Waals surface area contributed by atoms with E-state index >= 15 is 0 Å². The molecular weight excluding hydrogens is 305 g/mol. The summed E-state index contributed by atoms with van der Waals surface area (Å²) in [6.45, 7) is 1.66. The largest absolute Gasteiger partial charge is 0.289 e. The Bertz CT molecular complexity index is 800. The number of nitrogens with zero attached hydrogens (tertiary/aromatic N) is 5. The third-order valence-corrected chi connectivity index (χ3v) is 4.50. The van der Waals surface area contributed by atoms with E-state index in [-0.39, 0.29) is 11.9 Å². The molecule has 0 N–H and O–H groups in total. The van der Waals surface area contributed by atoms with Crippen molar-refractivity contribution in [3.05, 3.63) is 71.8 Å². The van der Waals surface area contributed by atoms with Gasteiger partial charge in [0, 0.05) is 6.04 Å². The number of aromatic nitrogens is 4. The molecule has 1 saturated heterocycles. The van der Waals surface area contributed by atoms with Crippen LogP contribution in [0.25, 0.3) is 5.69 Å². The predicted molar refractivity (Wildman–Crippen MR) is 87.9 cm³/mol. The van der Waals surface area contributed by atoms with Crippen molar-refractivity contribution in [2.45, 2.75) is 25.4 Å². The maximum atomic E-state index is 13.2. The lowest BCUT2D eigenvalue weighted by atomic mass is 10.0. The molecule has 0 saturated carbocycles. The molecule has 0 bridgehead atoms. The summed E-state index contributed by atoms with van der Waals surface area (Å²) in [6.07, 6.45) is 2.19. The van der Waals surface area contributed by atoms with E-state index in [0.717, 1.165) is 36.5 Å². The molecule has 24 heavy (non-hydrogen) atoms. The molecule has 1 atom stereocenters. The summed E-state index contributed by atoms with van der Waals surface area (Å²) in [6, 6.07) is 17.0. The van der Waals surface area contributed by atoms with Crippen molar-refractivity contribution in [2.24, 2.45) is 0 Å².